The minimum atomic E-state index is 0.673. The van der Waals surface area contributed by atoms with Crippen LogP contribution in [0.1, 0.15) is 11.4 Å². The molecule has 21 heavy (non-hydrogen) atoms. The maximum absolute atomic E-state index is 4.37. The van der Waals surface area contributed by atoms with Crippen LogP contribution in [-0.2, 0) is 6.54 Å². The Kier molecular flexibility index (Phi) is 3.64. The molecular weight excluding hydrogens is 262 g/mol. The molecule has 3 aromatic rings. The minimum Gasteiger partial charge on any atom is -0.352 e. The highest BCUT2D eigenvalue weighted by molar-refractivity contribution is 5.62. The number of hydrogen-bond acceptors (Lipinski definition) is 4. The number of rotatable bonds is 4. The highest BCUT2D eigenvalue weighted by atomic mass is 15.3. The first-order chi connectivity index (χ1) is 10.2. The lowest BCUT2D eigenvalue weighted by atomic mass is 10.1. The second-order valence-electron chi connectivity index (χ2n) is 5.01. The molecule has 0 fully saturated rings. The molecule has 0 spiro atoms. The molecule has 0 aliphatic carbocycles. The number of hydrogen-bond donors (Lipinski definition) is 1. The first-order valence-corrected chi connectivity index (χ1v) is 6.82. The summed E-state index contributed by atoms with van der Waals surface area (Å²) in [7, 11) is 1.99. The van der Waals surface area contributed by atoms with Crippen molar-refractivity contribution in [2.45, 2.75) is 13.5 Å². The summed E-state index contributed by atoms with van der Waals surface area (Å²) in [4.78, 5) is 10.7. The molecule has 0 atom stereocenters. The fraction of sp³-hybridized carbons (Fsp3) is 0.188. The van der Waals surface area contributed by atoms with E-state index in [1.54, 1.807) is 12.4 Å². The van der Waals surface area contributed by atoms with Crippen molar-refractivity contribution < 1.29 is 0 Å². The molecule has 0 bridgehead atoms. The average molecular weight is 279 g/mol. The SMILES string of the molecule is Cc1cnc(CN(C)c2cc(-c3ccccc3)[nH]n2)cn1. The van der Waals surface area contributed by atoms with Gasteiger partial charge >= 0.3 is 0 Å². The third-order valence-electron chi connectivity index (χ3n) is 3.27. The molecule has 0 saturated heterocycles. The van der Waals surface area contributed by atoms with E-state index in [0.717, 1.165) is 28.5 Å². The molecule has 5 heteroatoms. The normalized spacial score (nSPS) is 10.6. The van der Waals surface area contributed by atoms with Crippen molar-refractivity contribution in [3.8, 4) is 11.3 Å². The van der Waals surface area contributed by atoms with Crippen molar-refractivity contribution in [2.75, 3.05) is 11.9 Å². The van der Waals surface area contributed by atoms with E-state index in [0.29, 0.717) is 6.54 Å². The number of aromatic nitrogens is 4. The van der Waals surface area contributed by atoms with E-state index in [4.69, 9.17) is 0 Å². The zero-order valence-electron chi connectivity index (χ0n) is 12.1. The summed E-state index contributed by atoms with van der Waals surface area (Å²) >= 11 is 0. The standard InChI is InChI=1S/C16H17N5/c1-12-9-18-14(10-17-12)11-21(2)16-8-15(19-20-16)13-6-4-3-5-7-13/h3-10H,11H2,1-2H3,(H,19,20). The number of nitrogens with one attached hydrogen (secondary N) is 1. The fourth-order valence-electron chi connectivity index (χ4n) is 2.10. The van der Waals surface area contributed by atoms with Crippen molar-refractivity contribution in [1.29, 1.82) is 0 Å². The zero-order valence-corrected chi connectivity index (χ0v) is 12.1. The highest BCUT2D eigenvalue weighted by Gasteiger charge is 2.09. The van der Waals surface area contributed by atoms with Gasteiger partial charge in [-0.25, -0.2) is 0 Å². The predicted octanol–water partition coefficient (Wildman–Crippen LogP) is 2.81. The van der Waals surface area contributed by atoms with E-state index in [1.165, 1.54) is 0 Å². The average Bonchev–Trinajstić information content (AvgIpc) is 3.00. The number of anilines is 1. The van der Waals surface area contributed by atoms with Crippen LogP contribution in [0.25, 0.3) is 11.3 Å². The number of aryl methyl sites for hydroxylation is 1. The predicted molar refractivity (Wildman–Crippen MR) is 82.9 cm³/mol. The fourth-order valence-corrected chi connectivity index (χ4v) is 2.10. The van der Waals surface area contributed by atoms with Gasteiger partial charge in [0.25, 0.3) is 0 Å². The highest BCUT2D eigenvalue weighted by Crippen LogP contribution is 2.21. The summed E-state index contributed by atoms with van der Waals surface area (Å²) in [5, 5.41) is 7.43. The summed E-state index contributed by atoms with van der Waals surface area (Å²) in [5.74, 6) is 0.885. The van der Waals surface area contributed by atoms with Gasteiger partial charge in [0.1, 0.15) is 0 Å². The van der Waals surface area contributed by atoms with Gasteiger partial charge in [0, 0.05) is 19.3 Å². The molecule has 3 rings (SSSR count). The van der Waals surface area contributed by atoms with Crippen molar-refractivity contribution in [3.63, 3.8) is 0 Å². The molecule has 0 aliphatic rings. The Morgan fingerprint density at radius 2 is 1.90 bits per heavy atom. The van der Waals surface area contributed by atoms with Gasteiger partial charge in [-0.3, -0.25) is 15.1 Å². The van der Waals surface area contributed by atoms with Crippen LogP contribution in [0.3, 0.4) is 0 Å². The van der Waals surface area contributed by atoms with Gasteiger partial charge in [0.15, 0.2) is 5.82 Å². The monoisotopic (exact) mass is 279 g/mol. The van der Waals surface area contributed by atoms with Gasteiger partial charge in [-0.05, 0) is 12.5 Å². The third kappa shape index (κ3) is 3.08. The molecule has 0 saturated carbocycles. The van der Waals surface area contributed by atoms with Crippen LogP contribution in [0.2, 0.25) is 0 Å². The lowest BCUT2D eigenvalue weighted by Gasteiger charge is -2.14. The van der Waals surface area contributed by atoms with Crippen LogP contribution in [0.15, 0.2) is 48.8 Å². The Balaban J connectivity index is 1.75. The van der Waals surface area contributed by atoms with Gasteiger partial charge in [-0.1, -0.05) is 30.3 Å². The molecule has 0 amide bonds. The van der Waals surface area contributed by atoms with E-state index in [1.807, 2.05) is 43.1 Å². The summed E-state index contributed by atoms with van der Waals surface area (Å²) in [5.41, 5.74) is 3.98. The van der Waals surface area contributed by atoms with E-state index in [9.17, 15) is 0 Å². The molecule has 1 N–H and O–H groups in total. The lowest BCUT2D eigenvalue weighted by molar-refractivity contribution is 0.845. The molecule has 2 aromatic heterocycles. The lowest BCUT2D eigenvalue weighted by Crippen LogP contribution is -2.17. The second-order valence-corrected chi connectivity index (χ2v) is 5.01. The zero-order chi connectivity index (χ0) is 14.7. The quantitative estimate of drug-likeness (QED) is 0.798. The van der Waals surface area contributed by atoms with E-state index in [2.05, 4.69) is 32.3 Å². The smallest absolute Gasteiger partial charge is 0.151 e. The van der Waals surface area contributed by atoms with E-state index < -0.39 is 0 Å². The first kappa shape index (κ1) is 13.3. The van der Waals surface area contributed by atoms with E-state index >= 15 is 0 Å². The molecular formula is C16H17N5. The molecule has 0 aliphatic heterocycles. The number of aromatic amines is 1. The Morgan fingerprint density at radius 3 is 2.62 bits per heavy atom. The first-order valence-electron chi connectivity index (χ1n) is 6.82. The van der Waals surface area contributed by atoms with Gasteiger partial charge < -0.3 is 4.90 Å². The summed E-state index contributed by atoms with van der Waals surface area (Å²) in [6, 6.07) is 12.2. The minimum absolute atomic E-state index is 0.673. The number of benzene rings is 1. The number of H-pyrrole nitrogens is 1. The maximum atomic E-state index is 4.37. The second kappa shape index (κ2) is 5.75. The molecule has 2 heterocycles. The van der Waals surface area contributed by atoms with Gasteiger partial charge in [0.05, 0.1) is 29.8 Å². The van der Waals surface area contributed by atoms with Crippen molar-refractivity contribution >= 4 is 5.82 Å². The van der Waals surface area contributed by atoms with Crippen molar-refractivity contribution in [2.24, 2.45) is 0 Å². The Bertz CT molecular complexity index is 703. The largest absolute Gasteiger partial charge is 0.352 e. The van der Waals surface area contributed by atoms with Crippen LogP contribution < -0.4 is 4.90 Å². The topological polar surface area (TPSA) is 57.7 Å². The number of nitrogens with zero attached hydrogens (tertiary/aromatic N) is 4. The van der Waals surface area contributed by atoms with E-state index in [-0.39, 0.29) is 0 Å². The summed E-state index contributed by atoms with van der Waals surface area (Å²) in [6.45, 7) is 2.60. The molecule has 1 aromatic carbocycles. The molecule has 106 valence electrons. The van der Waals surface area contributed by atoms with Crippen LogP contribution in [0.5, 0.6) is 0 Å². The van der Waals surface area contributed by atoms with Gasteiger partial charge in [-0.15, -0.1) is 0 Å². The third-order valence-corrected chi connectivity index (χ3v) is 3.27. The summed E-state index contributed by atoms with van der Waals surface area (Å²) < 4.78 is 0. The van der Waals surface area contributed by atoms with Gasteiger partial charge in [0.2, 0.25) is 0 Å². The maximum Gasteiger partial charge on any atom is 0.151 e. The van der Waals surface area contributed by atoms with Crippen molar-refractivity contribution in [3.05, 3.63) is 60.2 Å². The summed E-state index contributed by atoms with van der Waals surface area (Å²) in [6.07, 6.45) is 3.58. The Hall–Kier alpha value is -2.69. The Morgan fingerprint density at radius 1 is 1.10 bits per heavy atom. The molecule has 0 radical (unpaired) electrons. The van der Waals surface area contributed by atoms with Crippen molar-refractivity contribution in [1.82, 2.24) is 20.2 Å². The van der Waals surface area contributed by atoms with Crippen LogP contribution in [-0.4, -0.2) is 27.2 Å². The van der Waals surface area contributed by atoms with Crippen LogP contribution >= 0.6 is 0 Å². The van der Waals surface area contributed by atoms with Crippen LogP contribution in [0.4, 0.5) is 5.82 Å². The van der Waals surface area contributed by atoms with Crippen LogP contribution in [0, 0.1) is 6.92 Å². The van der Waals surface area contributed by atoms with Gasteiger partial charge in [-0.2, -0.15) is 5.10 Å². The molecule has 5 nitrogen and oxygen atoms in total. The molecule has 0 unspecified atom stereocenters. The Labute approximate surface area is 123 Å².